The Balaban J connectivity index is 2.97. The lowest BCUT2D eigenvalue weighted by Gasteiger charge is -2.07. The number of thioether (sulfide) groups is 1. The quantitative estimate of drug-likeness (QED) is 0.342. The van der Waals surface area contributed by atoms with Crippen LogP contribution >= 0.6 is 49.6 Å². The average molecular weight is 228 g/mol. The molecular formula is C7H16S4. The molecule has 0 amide bonds. The zero-order valence-corrected chi connectivity index (χ0v) is 10.1. The lowest BCUT2D eigenvalue weighted by atomic mass is 10.4. The Bertz CT molecular complexity index is 76.8. The fourth-order valence-electron chi connectivity index (χ4n) is 0.627. The minimum Gasteiger partial charge on any atom is -0.179 e. The summed E-state index contributed by atoms with van der Waals surface area (Å²) in [7, 11) is 0. The normalized spacial score (nSPS) is 13.4. The third kappa shape index (κ3) is 9.31. The molecule has 0 saturated heterocycles. The second kappa shape index (κ2) is 9.49. The van der Waals surface area contributed by atoms with Crippen molar-refractivity contribution in [1.29, 1.82) is 0 Å². The third-order valence-corrected chi connectivity index (χ3v) is 3.66. The zero-order chi connectivity index (χ0) is 8.53. The van der Waals surface area contributed by atoms with Crippen LogP contribution in [0.25, 0.3) is 0 Å². The predicted molar refractivity (Wildman–Crippen MR) is 66.8 cm³/mol. The van der Waals surface area contributed by atoms with Crippen molar-refractivity contribution < 1.29 is 0 Å². The molecule has 0 bridgehead atoms. The maximum absolute atomic E-state index is 4.41. The standard InChI is InChI=1S/C7H16S4/c8-4-1-2-6-11-7(10)3-5-9/h7-10H,1-6H2. The molecule has 1 atom stereocenters. The smallest absolute Gasteiger partial charge is 0.0480 e. The minimum atomic E-state index is 0.479. The van der Waals surface area contributed by atoms with Gasteiger partial charge in [0.1, 0.15) is 0 Å². The highest BCUT2D eigenvalue weighted by molar-refractivity contribution is 8.10. The summed E-state index contributed by atoms with van der Waals surface area (Å²) in [4.78, 5) is 0. The zero-order valence-electron chi connectivity index (χ0n) is 6.57. The SMILES string of the molecule is SCCCCSC(S)CCS. The van der Waals surface area contributed by atoms with Gasteiger partial charge in [-0.15, -0.1) is 11.8 Å². The minimum absolute atomic E-state index is 0.479. The molecule has 4 heteroatoms. The second-order valence-electron chi connectivity index (χ2n) is 2.27. The van der Waals surface area contributed by atoms with Crippen LogP contribution in [-0.2, 0) is 0 Å². The molecule has 0 aromatic rings. The highest BCUT2D eigenvalue weighted by Crippen LogP contribution is 2.19. The van der Waals surface area contributed by atoms with E-state index in [0.29, 0.717) is 4.58 Å². The predicted octanol–water partition coefficient (Wildman–Crippen LogP) is 3.01. The van der Waals surface area contributed by atoms with Crippen molar-refractivity contribution >= 4 is 49.6 Å². The van der Waals surface area contributed by atoms with Gasteiger partial charge in [0.2, 0.25) is 0 Å². The lowest BCUT2D eigenvalue weighted by molar-refractivity contribution is 0.907. The van der Waals surface area contributed by atoms with Crippen molar-refractivity contribution in [2.24, 2.45) is 0 Å². The molecule has 0 rings (SSSR count). The van der Waals surface area contributed by atoms with E-state index in [1.54, 1.807) is 0 Å². The molecular weight excluding hydrogens is 212 g/mol. The van der Waals surface area contributed by atoms with Crippen molar-refractivity contribution in [1.82, 2.24) is 0 Å². The van der Waals surface area contributed by atoms with E-state index < -0.39 is 0 Å². The fourth-order valence-corrected chi connectivity index (χ4v) is 2.86. The van der Waals surface area contributed by atoms with Gasteiger partial charge in [-0.2, -0.15) is 37.9 Å². The maximum Gasteiger partial charge on any atom is 0.0480 e. The van der Waals surface area contributed by atoms with Crippen LogP contribution in [0.2, 0.25) is 0 Å². The summed E-state index contributed by atoms with van der Waals surface area (Å²) in [6.07, 6.45) is 3.58. The molecule has 0 aliphatic rings. The molecule has 0 N–H and O–H groups in total. The molecule has 11 heavy (non-hydrogen) atoms. The maximum atomic E-state index is 4.41. The summed E-state index contributed by atoms with van der Waals surface area (Å²) in [6.45, 7) is 0. The van der Waals surface area contributed by atoms with Crippen LogP contribution in [-0.4, -0.2) is 21.8 Å². The third-order valence-electron chi connectivity index (χ3n) is 1.24. The largest absolute Gasteiger partial charge is 0.179 e. The van der Waals surface area contributed by atoms with Gasteiger partial charge in [0.25, 0.3) is 0 Å². The first-order valence-electron chi connectivity index (χ1n) is 3.82. The molecule has 0 heterocycles. The van der Waals surface area contributed by atoms with Gasteiger partial charge < -0.3 is 0 Å². The van der Waals surface area contributed by atoms with Gasteiger partial charge in [-0.1, -0.05) is 0 Å². The lowest BCUT2D eigenvalue weighted by Crippen LogP contribution is -1.95. The van der Waals surface area contributed by atoms with Gasteiger partial charge in [0.05, 0.1) is 0 Å². The van der Waals surface area contributed by atoms with Crippen LogP contribution in [0, 0.1) is 0 Å². The molecule has 0 saturated carbocycles. The van der Waals surface area contributed by atoms with Crippen molar-refractivity contribution in [2.75, 3.05) is 17.3 Å². The van der Waals surface area contributed by atoms with E-state index in [-0.39, 0.29) is 0 Å². The molecule has 68 valence electrons. The Morgan fingerprint density at radius 1 is 1.09 bits per heavy atom. The van der Waals surface area contributed by atoms with Crippen molar-refractivity contribution in [3.05, 3.63) is 0 Å². The van der Waals surface area contributed by atoms with Crippen LogP contribution < -0.4 is 0 Å². The van der Waals surface area contributed by atoms with Crippen LogP contribution in [0.3, 0.4) is 0 Å². The first-order chi connectivity index (χ1) is 5.31. The Hall–Kier alpha value is 1.40. The van der Waals surface area contributed by atoms with Gasteiger partial charge in [-0.05, 0) is 36.5 Å². The van der Waals surface area contributed by atoms with E-state index in [2.05, 4.69) is 37.9 Å². The van der Waals surface area contributed by atoms with Crippen molar-refractivity contribution in [2.45, 2.75) is 23.8 Å². The summed E-state index contributed by atoms with van der Waals surface area (Å²) in [5.41, 5.74) is 0. The van der Waals surface area contributed by atoms with Gasteiger partial charge in [0.15, 0.2) is 0 Å². The Labute approximate surface area is 90.5 Å². The summed E-state index contributed by atoms with van der Waals surface area (Å²) in [6, 6.07) is 0. The Morgan fingerprint density at radius 3 is 2.36 bits per heavy atom. The molecule has 0 aromatic heterocycles. The van der Waals surface area contributed by atoms with Gasteiger partial charge in [-0.25, -0.2) is 0 Å². The number of thiol groups is 3. The summed E-state index contributed by atoms with van der Waals surface area (Å²) in [5, 5.41) is 0. The number of hydrogen-bond acceptors (Lipinski definition) is 4. The molecule has 1 unspecified atom stereocenters. The summed E-state index contributed by atoms with van der Waals surface area (Å²) >= 11 is 14.6. The molecule has 0 aromatic carbocycles. The fraction of sp³-hybridized carbons (Fsp3) is 1.00. The van der Waals surface area contributed by atoms with E-state index >= 15 is 0 Å². The van der Waals surface area contributed by atoms with E-state index in [9.17, 15) is 0 Å². The summed E-state index contributed by atoms with van der Waals surface area (Å²) in [5.74, 6) is 3.15. The highest BCUT2D eigenvalue weighted by Gasteiger charge is 2.00. The Morgan fingerprint density at radius 2 is 1.82 bits per heavy atom. The molecule has 0 nitrogen and oxygen atoms in total. The second-order valence-corrected chi connectivity index (χ2v) is 5.45. The first kappa shape index (κ1) is 12.4. The van der Waals surface area contributed by atoms with Crippen molar-refractivity contribution in [3.8, 4) is 0 Å². The first-order valence-corrected chi connectivity index (χ1v) is 6.65. The Kier molecular flexibility index (Phi) is 10.7. The highest BCUT2D eigenvalue weighted by atomic mass is 32.2. The van der Waals surface area contributed by atoms with Gasteiger partial charge in [-0.3, -0.25) is 0 Å². The van der Waals surface area contributed by atoms with Crippen LogP contribution in [0.1, 0.15) is 19.3 Å². The molecule has 0 fully saturated rings. The van der Waals surface area contributed by atoms with Crippen molar-refractivity contribution in [3.63, 3.8) is 0 Å². The number of unbranched alkanes of at least 4 members (excludes halogenated alkanes) is 1. The molecule has 0 aliphatic heterocycles. The molecule has 0 radical (unpaired) electrons. The van der Waals surface area contributed by atoms with E-state index in [0.717, 1.165) is 17.9 Å². The van der Waals surface area contributed by atoms with E-state index in [1.165, 1.54) is 18.6 Å². The topological polar surface area (TPSA) is 0 Å². The molecule has 0 spiro atoms. The van der Waals surface area contributed by atoms with Gasteiger partial charge >= 0.3 is 0 Å². The van der Waals surface area contributed by atoms with E-state index in [4.69, 9.17) is 0 Å². The van der Waals surface area contributed by atoms with Crippen LogP contribution in [0.4, 0.5) is 0 Å². The average Bonchev–Trinajstić information content (AvgIpc) is 1.99. The van der Waals surface area contributed by atoms with Gasteiger partial charge in [0, 0.05) is 4.58 Å². The van der Waals surface area contributed by atoms with Crippen LogP contribution in [0.15, 0.2) is 0 Å². The van der Waals surface area contributed by atoms with E-state index in [1.807, 2.05) is 11.8 Å². The monoisotopic (exact) mass is 228 g/mol. The van der Waals surface area contributed by atoms with Crippen LogP contribution in [0.5, 0.6) is 0 Å². The number of rotatable bonds is 7. The molecule has 0 aliphatic carbocycles. The summed E-state index contributed by atoms with van der Waals surface area (Å²) < 4.78 is 0.479. The number of hydrogen-bond donors (Lipinski definition) is 3.